The lowest BCUT2D eigenvalue weighted by molar-refractivity contribution is -0.159. The minimum absolute atomic E-state index is 0.0139. The summed E-state index contributed by atoms with van der Waals surface area (Å²) in [4.78, 5) is 41.2. The Morgan fingerprint density at radius 2 is 1.41 bits per heavy atom. The first kappa shape index (κ1) is 28.5. The fourth-order valence-electron chi connectivity index (χ4n) is 3.74. The molecule has 2 aromatic rings. The van der Waals surface area contributed by atoms with Crippen molar-refractivity contribution in [3.05, 3.63) is 75.4 Å². The largest absolute Gasteiger partial charge is 0.458 e. The van der Waals surface area contributed by atoms with E-state index in [-0.39, 0.29) is 6.61 Å². The molecule has 0 aliphatic carbocycles. The summed E-state index contributed by atoms with van der Waals surface area (Å²) >= 11 is 2.06. The standard InChI is InChI=1S/C28H33IN2O6/c1-27(2,3)36-24(32)23-21(30-25(33)37-28(4,5)6)20(29)22(19-15-11-8-12-16-19)31(23)26(34)35-17-18-13-9-7-10-14-18/h7-16,21,23H,17H2,1-6H3,(H,30,33)/t21-,23+/m0/s1. The molecule has 3 rings (SSSR count). The summed E-state index contributed by atoms with van der Waals surface area (Å²) in [5.74, 6) is -0.676. The summed E-state index contributed by atoms with van der Waals surface area (Å²) in [6.45, 7) is 10.5. The molecule has 2 amide bonds. The third kappa shape index (κ3) is 7.70. The Balaban J connectivity index is 2.04. The van der Waals surface area contributed by atoms with E-state index in [0.717, 1.165) is 5.56 Å². The Kier molecular flexibility index (Phi) is 8.88. The smallest absolute Gasteiger partial charge is 0.415 e. The van der Waals surface area contributed by atoms with Crippen molar-refractivity contribution in [2.24, 2.45) is 0 Å². The van der Waals surface area contributed by atoms with Crippen molar-refractivity contribution in [3.8, 4) is 0 Å². The van der Waals surface area contributed by atoms with E-state index in [1.165, 1.54) is 4.90 Å². The topological polar surface area (TPSA) is 94.2 Å². The first-order chi connectivity index (χ1) is 17.3. The first-order valence-corrected chi connectivity index (χ1v) is 13.0. The van der Waals surface area contributed by atoms with E-state index < -0.39 is 41.4 Å². The van der Waals surface area contributed by atoms with Crippen LogP contribution in [0.1, 0.15) is 52.7 Å². The maximum Gasteiger partial charge on any atom is 0.415 e. The molecule has 2 atom stereocenters. The number of rotatable bonds is 5. The number of halogens is 1. The van der Waals surface area contributed by atoms with Crippen molar-refractivity contribution in [3.63, 3.8) is 0 Å². The van der Waals surface area contributed by atoms with E-state index in [9.17, 15) is 14.4 Å². The van der Waals surface area contributed by atoms with Crippen molar-refractivity contribution in [2.45, 2.75) is 71.4 Å². The van der Waals surface area contributed by atoms with Crippen LogP contribution in [0.5, 0.6) is 0 Å². The van der Waals surface area contributed by atoms with Crippen LogP contribution in [0.2, 0.25) is 0 Å². The summed E-state index contributed by atoms with van der Waals surface area (Å²) in [5.41, 5.74) is 0.359. The fraction of sp³-hybridized carbons (Fsp3) is 0.393. The number of alkyl carbamates (subject to hydrolysis) is 1. The molecule has 0 radical (unpaired) electrons. The lowest BCUT2D eigenvalue weighted by Crippen LogP contribution is -2.54. The maximum absolute atomic E-state index is 13.6. The Morgan fingerprint density at radius 1 is 0.865 bits per heavy atom. The minimum Gasteiger partial charge on any atom is -0.458 e. The third-order valence-corrected chi connectivity index (χ3v) is 6.29. The lowest BCUT2D eigenvalue weighted by Gasteiger charge is -2.31. The number of esters is 1. The Hall–Kier alpha value is -3.08. The molecule has 0 saturated heterocycles. The predicted octanol–water partition coefficient (Wildman–Crippen LogP) is 6.05. The number of nitrogens with one attached hydrogen (secondary N) is 1. The molecule has 0 spiro atoms. The van der Waals surface area contributed by atoms with Gasteiger partial charge in [-0.05, 0) is 75.3 Å². The van der Waals surface area contributed by atoms with Crippen LogP contribution in [0.25, 0.3) is 5.70 Å². The molecule has 8 nitrogen and oxygen atoms in total. The van der Waals surface area contributed by atoms with Gasteiger partial charge in [-0.15, -0.1) is 0 Å². The van der Waals surface area contributed by atoms with E-state index in [0.29, 0.717) is 14.8 Å². The van der Waals surface area contributed by atoms with Crippen LogP contribution in [-0.2, 0) is 25.6 Å². The van der Waals surface area contributed by atoms with E-state index in [4.69, 9.17) is 14.2 Å². The monoisotopic (exact) mass is 620 g/mol. The van der Waals surface area contributed by atoms with Crippen LogP contribution in [-0.4, -0.2) is 46.3 Å². The Morgan fingerprint density at radius 3 is 1.95 bits per heavy atom. The van der Waals surface area contributed by atoms with Crippen molar-refractivity contribution in [1.82, 2.24) is 10.2 Å². The van der Waals surface area contributed by atoms with Gasteiger partial charge in [-0.25, -0.2) is 14.4 Å². The Labute approximate surface area is 231 Å². The van der Waals surface area contributed by atoms with Gasteiger partial charge >= 0.3 is 18.2 Å². The highest BCUT2D eigenvalue weighted by atomic mass is 127. The summed E-state index contributed by atoms with van der Waals surface area (Å²) in [6.07, 6.45) is -1.45. The molecule has 0 bridgehead atoms. The molecule has 0 unspecified atom stereocenters. The molecule has 1 aliphatic rings. The molecule has 1 N–H and O–H groups in total. The second kappa shape index (κ2) is 11.5. The van der Waals surface area contributed by atoms with Crippen LogP contribution in [0.3, 0.4) is 0 Å². The van der Waals surface area contributed by atoms with Gasteiger partial charge in [0.05, 0.1) is 11.7 Å². The van der Waals surface area contributed by atoms with E-state index in [1.807, 2.05) is 60.7 Å². The third-order valence-electron chi connectivity index (χ3n) is 5.10. The van der Waals surface area contributed by atoms with Gasteiger partial charge in [-0.3, -0.25) is 4.90 Å². The van der Waals surface area contributed by atoms with E-state index in [2.05, 4.69) is 27.9 Å². The zero-order valence-corrected chi connectivity index (χ0v) is 24.1. The van der Waals surface area contributed by atoms with Gasteiger partial charge in [0, 0.05) is 3.58 Å². The van der Waals surface area contributed by atoms with Gasteiger partial charge < -0.3 is 19.5 Å². The highest BCUT2D eigenvalue weighted by molar-refractivity contribution is 14.1. The van der Waals surface area contributed by atoms with Gasteiger partial charge in [0.1, 0.15) is 17.8 Å². The van der Waals surface area contributed by atoms with Gasteiger partial charge in [0.15, 0.2) is 6.04 Å². The second-order valence-electron chi connectivity index (χ2n) is 10.6. The van der Waals surface area contributed by atoms with E-state index in [1.54, 1.807) is 41.5 Å². The molecule has 0 saturated carbocycles. The minimum atomic E-state index is -1.21. The molecule has 198 valence electrons. The predicted molar refractivity (Wildman–Crippen MR) is 149 cm³/mol. The fourth-order valence-corrected chi connectivity index (χ4v) is 4.80. The van der Waals surface area contributed by atoms with Gasteiger partial charge in [-0.1, -0.05) is 60.7 Å². The van der Waals surface area contributed by atoms with Crippen LogP contribution in [0, 0.1) is 0 Å². The van der Waals surface area contributed by atoms with Gasteiger partial charge in [0.2, 0.25) is 0 Å². The number of carbonyl (C=O) groups excluding carboxylic acids is 3. The van der Waals surface area contributed by atoms with Crippen LogP contribution < -0.4 is 5.32 Å². The number of ether oxygens (including phenoxy) is 3. The molecular formula is C28H33IN2O6. The quantitative estimate of drug-likeness (QED) is 0.249. The van der Waals surface area contributed by atoms with Gasteiger partial charge in [0.25, 0.3) is 0 Å². The summed E-state index contributed by atoms with van der Waals surface area (Å²) < 4.78 is 17.4. The summed E-state index contributed by atoms with van der Waals surface area (Å²) in [6, 6.07) is 16.3. The van der Waals surface area contributed by atoms with Crippen LogP contribution in [0.15, 0.2) is 64.2 Å². The van der Waals surface area contributed by atoms with Gasteiger partial charge in [-0.2, -0.15) is 0 Å². The molecule has 1 aliphatic heterocycles. The Bertz CT molecular complexity index is 1150. The molecule has 37 heavy (non-hydrogen) atoms. The average molecular weight is 620 g/mol. The number of benzene rings is 2. The number of hydrogen-bond donors (Lipinski definition) is 1. The number of hydrogen-bond acceptors (Lipinski definition) is 6. The molecule has 0 fully saturated rings. The molecule has 9 heteroatoms. The zero-order chi connectivity index (χ0) is 27.4. The van der Waals surface area contributed by atoms with Crippen molar-refractivity contribution in [1.29, 1.82) is 0 Å². The zero-order valence-electron chi connectivity index (χ0n) is 21.9. The molecule has 0 aromatic heterocycles. The number of amides is 2. The summed E-state index contributed by atoms with van der Waals surface area (Å²) in [7, 11) is 0. The number of nitrogens with zero attached hydrogens (tertiary/aromatic N) is 1. The highest BCUT2D eigenvalue weighted by Gasteiger charge is 2.50. The van der Waals surface area contributed by atoms with Crippen molar-refractivity contribution < 1.29 is 28.6 Å². The highest BCUT2D eigenvalue weighted by Crippen LogP contribution is 2.41. The number of carbonyl (C=O) groups is 3. The van der Waals surface area contributed by atoms with Crippen molar-refractivity contribution >= 4 is 46.4 Å². The van der Waals surface area contributed by atoms with Crippen LogP contribution in [0.4, 0.5) is 9.59 Å². The summed E-state index contributed by atoms with van der Waals surface area (Å²) in [5, 5.41) is 2.78. The van der Waals surface area contributed by atoms with Crippen LogP contribution >= 0.6 is 22.6 Å². The SMILES string of the molecule is CC(C)(C)OC(=O)N[C@H]1C(I)=C(c2ccccc2)N(C(=O)OCc2ccccc2)[C@H]1C(=O)OC(C)(C)C. The molecule has 1 heterocycles. The molecular weight excluding hydrogens is 587 g/mol. The normalized spacial score (nSPS) is 17.9. The average Bonchev–Trinajstić information content (AvgIpc) is 3.08. The lowest BCUT2D eigenvalue weighted by atomic mass is 10.1. The van der Waals surface area contributed by atoms with Crippen molar-refractivity contribution in [2.75, 3.05) is 0 Å². The first-order valence-electron chi connectivity index (χ1n) is 11.9. The van der Waals surface area contributed by atoms with E-state index >= 15 is 0 Å². The molecule has 2 aromatic carbocycles. The second-order valence-corrected chi connectivity index (χ2v) is 11.7. The maximum atomic E-state index is 13.6.